The summed E-state index contributed by atoms with van der Waals surface area (Å²) >= 11 is 0. The van der Waals surface area contributed by atoms with E-state index in [1.807, 2.05) is 7.05 Å². The van der Waals surface area contributed by atoms with Crippen molar-refractivity contribution in [2.45, 2.75) is 18.9 Å². The molecule has 1 heterocycles. The number of nitrogens with one attached hydrogen (secondary N) is 1. The maximum Gasteiger partial charge on any atom is 0.193 e. The Morgan fingerprint density at radius 1 is 1.15 bits per heavy atom. The van der Waals surface area contributed by atoms with Gasteiger partial charge in [-0.25, -0.2) is 0 Å². The Bertz CT molecular complexity index is 559. The van der Waals surface area contributed by atoms with Crippen molar-refractivity contribution in [1.82, 2.24) is 15.1 Å². The minimum absolute atomic E-state index is 0. The lowest BCUT2D eigenvalue weighted by Crippen LogP contribution is -2.53. The van der Waals surface area contributed by atoms with Crippen molar-refractivity contribution >= 4 is 35.6 Å². The number of nitrogens with zero attached hydrogens (tertiary/aromatic N) is 4. The molecule has 7 heteroatoms. The number of guanidine groups is 1. The number of ether oxygens (including phenoxy) is 1. The van der Waals surface area contributed by atoms with Crippen LogP contribution in [0.25, 0.3) is 0 Å². The molecule has 0 radical (unpaired) electrons. The lowest BCUT2D eigenvalue weighted by Gasteiger charge is -2.37. The van der Waals surface area contributed by atoms with E-state index in [2.05, 4.69) is 55.3 Å². The normalized spacial score (nSPS) is 17.8. The first-order valence-corrected chi connectivity index (χ1v) is 9.80. The van der Waals surface area contributed by atoms with Crippen LogP contribution in [0.1, 0.15) is 12.8 Å². The third-order valence-corrected chi connectivity index (χ3v) is 5.24. The fourth-order valence-corrected chi connectivity index (χ4v) is 3.58. The van der Waals surface area contributed by atoms with E-state index < -0.39 is 0 Å². The third-order valence-electron chi connectivity index (χ3n) is 5.24. The lowest BCUT2D eigenvalue weighted by molar-refractivity contribution is 0.144. The van der Waals surface area contributed by atoms with Crippen LogP contribution in [0.3, 0.4) is 0 Å². The van der Waals surface area contributed by atoms with E-state index in [9.17, 15) is 0 Å². The van der Waals surface area contributed by atoms with E-state index in [-0.39, 0.29) is 24.0 Å². The fourth-order valence-electron chi connectivity index (χ4n) is 3.58. The molecule has 27 heavy (non-hydrogen) atoms. The predicted molar refractivity (Wildman–Crippen MR) is 123 cm³/mol. The van der Waals surface area contributed by atoms with Gasteiger partial charge in [0.15, 0.2) is 5.96 Å². The lowest BCUT2D eigenvalue weighted by atomic mass is 10.2. The molecule has 1 aliphatic heterocycles. The molecule has 0 bridgehead atoms. The molecule has 2 fully saturated rings. The van der Waals surface area contributed by atoms with Gasteiger partial charge in [0.2, 0.25) is 0 Å². The predicted octanol–water partition coefficient (Wildman–Crippen LogP) is 2.11. The van der Waals surface area contributed by atoms with Gasteiger partial charge in [0.1, 0.15) is 0 Å². The Labute approximate surface area is 181 Å². The second-order valence-corrected chi connectivity index (χ2v) is 7.04. The molecular weight excluding hydrogens is 453 g/mol. The second-order valence-electron chi connectivity index (χ2n) is 7.04. The van der Waals surface area contributed by atoms with Gasteiger partial charge in [-0.05, 0) is 25.0 Å². The summed E-state index contributed by atoms with van der Waals surface area (Å²) in [6.45, 7) is 7.90. The van der Waals surface area contributed by atoms with Gasteiger partial charge in [0, 0.05) is 71.7 Å². The Morgan fingerprint density at radius 3 is 2.44 bits per heavy atom. The Morgan fingerprint density at radius 2 is 1.85 bits per heavy atom. The van der Waals surface area contributed by atoms with Crippen molar-refractivity contribution in [3.63, 3.8) is 0 Å². The van der Waals surface area contributed by atoms with E-state index in [0.29, 0.717) is 0 Å². The largest absolute Gasteiger partial charge is 0.383 e. The van der Waals surface area contributed by atoms with Crippen molar-refractivity contribution in [1.29, 1.82) is 0 Å². The summed E-state index contributed by atoms with van der Waals surface area (Å²) in [5.41, 5.74) is 1.31. The van der Waals surface area contributed by atoms with Crippen LogP contribution >= 0.6 is 24.0 Å². The van der Waals surface area contributed by atoms with Gasteiger partial charge < -0.3 is 19.9 Å². The van der Waals surface area contributed by atoms with Gasteiger partial charge in [-0.1, -0.05) is 18.2 Å². The SMILES string of the molecule is CN=C(NCCN(CCOC)C1CC1)N1CCN(c2ccccc2)CC1.I. The topological polar surface area (TPSA) is 43.3 Å². The number of para-hydroxylation sites is 1. The Hall–Kier alpha value is -1.06. The van der Waals surface area contributed by atoms with Gasteiger partial charge in [0.05, 0.1) is 6.61 Å². The summed E-state index contributed by atoms with van der Waals surface area (Å²) in [5.74, 6) is 1.03. The minimum atomic E-state index is 0. The highest BCUT2D eigenvalue weighted by Crippen LogP contribution is 2.26. The molecule has 0 unspecified atom stereocenters. The van der Waals surface area contributed by atoms with Crippen molar-refractivity contribution in [2.75, 3.05) is 71.5 Å². The summed E-state index contributed by atoms with van der Waals surface area (Å²) < 4.78 is 5.24. The highest BCUT2D eigenvalue weighted by atomic mass is 127. The number of methoxy groups -OCH3 is 1. The van der Waals surface area contributed by atoms with Gasteiger partial charge in [0.25, 0.3) is 0 Å². The third kappa shape index (κ3) is 6.80. The number of halogens is 1. The van der Waals surface area contributed by atoms with Crippen LogP contribution in [-0.2, 0) is 4.74 Å². The number of rotatable bonds is 8. The van der Waals surface area contributed by atoms with Crippen LogP contribution in [0, 0.1) is 0 Å². The van der Waals surface area contributed by atoms with E-state index >= 15 is 0 Å². The van der Waals surface area contributed by atoms with E-state index in [1.165, 1.54) is 18.5 Å². The monoisotopic (exact) mass is 487 g/mol. The number of aliphatic imine (C=N–C) groups is 1. The van der Waals surface area contributed by atoms with Gasteiger partial charge in [-0.2, -0.15) is 0 Å². The van der Waals surface area contributed by atoms with Crippen LogP contribution in [0.4, 0.5) is 5.69 Å². The molecule has 3 rings (SSSR count). The van der Waals surface area contributed by atoms with Gasteiger partial charge in [-0.15, -0.1) is 24.0 Å². The molecule has 0 spiro atoms. The van der Waals surface area contributed by atoms with Crippen LogP contribution < -0.4 is 10.2 Å². The summed E-state index contributed by atoms with van der Waals surface area (Å²) in [5, 5.41) is 3.56. The molecule has 1 saturated carbocycles. The summed E-state index contributed by atoms with van der Waals surface area (Å²) in [4.78, 5) is 11.9. The van der Waals surface area contributed by atoms with Crippen molar-refractivity contribution in [2.24, 2.45) is 4.99 Å². The molecular formula is C20H34IN5O. The highest BCUT2D eigenvalue weighted by molar-refractivity contribution is 14.0. The zero-order valence-corrected chi connectivity index (χ0v) is 19.0. The first kappa shape index (κ1) is 22.2. The van der Waals surface area contributed by atoms with E-state index in [1.54, 1.807) is 7.11 Å². The quantitative estimate of drug-likeness (QED) is 0.346. The maximum absolute atomic E-state index is 5.24. The molecule has 1 N–H and O–H groups in total. The zero-order valence-electron chi connectivity index (χ0n) is 16.6. The van der Waals surface area contributed by atoms with E-state index in [4.69, 9.17) is 4.74 Å². The molecule has 1 aliphatic carbocycles. The van der Waals surface area contributed by atoms with Crippen molar-refractivity contribution in [3.8, 4) is 0 Å². The Balaban J connectivity index is 0.00000261. The first-order valence-electron chi connectivity index (χ1n) is 9.80. The molecule has 1 aromatic carbocycles. The summed E-state index contributed by atoms with van der Waals surface area (Å²) in [6.07, 6.45) is 2.67. The molecule has 6 nitrogen and oxygen atoms in total. The molecule has 152 valence electrons. The smallest absolute Gasteiger partial charge is 0.193 e. The number of anilines is 1. The second kappa shape index (κ2) is 11.7. The molecule has 0 atom stereocenters. The van der Waals surface area contributed by atoms with Crippen molar-refractivity contribution in [3.05, 3.63) is 30.3 Å². The Kier molecular flexibility index (Phi) is 9.64. The number of piperazine rings is 1. The van der Waals surface area contributed by atoms with E-state index in [0.717, 1.165) is 64.4 Å². The molecule has 2 aliphatic rings. The van der Waals surface area contributed by atoms with Crippen LogP contribution in [0.15, 0.2) is 35.3 Å². The molecule has 1 aromatic rings. The standard InChI is InChI=1S/C20H33N5O.HI/c1-21-20(22-10-11-23(16-17-26-2)19-8-9-19)25-14-12-24(13-15-25)18-6-4-3-5-7-18;/h3-7,19H,8-17H2,1-2H3,(H,21,22);1H. The zero-order chi connectivity index (χ0) is 18.2. The average Bonchev–Trinajstić information content (AvgIpc) is 3.54. The minimum Gasteiger partial charge on any atom is -0.383 e. The number of hydrogen-bond donors (Lipinski definition) is 1. The van der Waals surface area contributed by atoms with Crippen LogP contribution in [0.5, 0.6) is 0 Å². The molecule has 1 saturated heterocycles. The number of benzene rings is 1. The van der Waals surface area contributed by atoms with Gasteiger partial charge >= 0.3 is 0 Å². The van der Waals surface area contributed by atoms with Crippen molar-refractivity contribution < 1.29 is 4.74 Å². The molecule has 0 amide bonds. The average molecular weight is 487 g/mol. The van der Waals surface area contributed by atoms with Gasteiger partial charge in [-0.3, -0.25) is 9.89 Å². The first-order chi connectivity index (χ1) is 12.8. The fraction of sp³-hybridized carbons (Fsp3) is 0.650. The summed E-state index contributed by atoms with van der Waals surface area (Å²) in [7, 11) is 3.66. The summed E-state index contributed by atoms with van der Waals surface area (Å²) in [6, 6.07) is 11.4. The van der Waals surface area contributed by atoms with Crippen LogP contribution in [-0.4, -0.2) is 88.4 Å². The highest BCUT2D eigenvalue weighted by Gasteiger charge is 2.28. The maximum atomic E-state index is 5.24. The van der Waals surface area contributed by atoms with Crippen LogP contribution in [0.2, 0.25) is 0 Å². The molecule has 0 aromatic heterocycles. The number of hydrogen-bond acceptors (Lipinski definition) is 4.